The van der Waals surface area contributed by atoms with E-state index in [1.807, 2.05) is 25.2 Å². The summed E-state index contributed by atoms with van der Waals surface area (Å²) in [4.78, 5) is 9.07. The zero-order valence-corrected chi connectivity index (χ0v) is 19.5. The molecule has 186 valence electrons. The van der Waals surface area contributed by atoms with Gasteiger partial charge in [0, 0.05) is 50.0 Å². The standard InChI is InChI=1S/C25H24F3N7O/c1-3-14-4-5-16(12-21(14)29-2)31-25-30-13-18-23(32-22-19(27)10-15(26)11-20(22)28)34-35(24(18)33-25)17-6-8-36-9-7-17/h3-5,10-13,17,29H,1,6-9H2,2H3,(H,32,34)(H,30,31,33). The van der Waals surface area contributed by atoms with Crippen molar-refractivity contribution in [2.75, 3.05) is 36.2 Å². The van der Waals surface area contributed by atoms with E-state index in [1.165, 1.54) is 6.20 Å². The third kappa shape index (κ3) is 4.57. The summed E-state index contributed by atoms with van der Waals surface area (Å²) in [5.41, 5.74) is 2.58. The van der Waals surface area contributed by atoms with E-state index < -0.39 is 23.1 Å². The smallest absolute Gasteiger partial charge is 0.229 e. The summed E-state index contributed by atoms with van der Waals surface area (Å²) >= 11 is 0. The topological polar surface area (TPSA) is 88.9 Å². The Morgan fingerprint density at radius 1 is 1.08 bits per heavy atom. The van der Waals surface area contributed by atoms with Crippen LogP contribution in [0.4, 0.5) is 42.0 Å². The molecule has 0 aliphatic carbocycles. The highest BCUT2D eigenvalue weighted by molar-refractivity contribution is 5.90. The molecule has 5 rings (SSSR count). The van der Waals surface area contributed by atoms with E-state index in [9.17, 15) is 13.2 Å². The first-order valence-corrected chi connectivity index (χ1v) is 11.4. The fourth-order valence-electron chi connectivity index (χ4n) is 4.20. The number of fused-ring (bicyclic) bond motifs is 1. The molecule has 3 heterocycles. The van der Waals surface area contributed by atoms with Crippen LogP contribution in [0.5, 0.6) is 0 Å². The van der Waals surface area contributed by atoms with E-state index in [0.29, 0.717) is 55.2 Å². The largest absolute Gasteiger partial charge is 0.388 e. The second-order valence-electron chi connectivity index (χ2n) is 8.32. The molecule has 2 aromatic carbocycles. The van der Waals surface area contributed by atoms with Gasteiger partial charge in [0.25, 0.3) is 0 Å². The average molecular weight is 496 g/mol. The normalized spacial score (nSPS) is 14.1. The van der Waals surface area contributed by atoms with Crippen LogP contribution in [0.25, 0.3) is 17.1 Å². The predicted molar refractivity (Wildman–Crippen MR) is 133 cm³/mol. The molecule has 2 aromatic heterocycles. The summed E-state index contributed by atoms with van der Waals surface area (Å²) in [7, 11) is 1.82. The number of hydrogen-bond donors (Lipinski definition) is 3. The average Bonchev–Trinajstić information content (AvgIpc) is 3.24. The lowest BCUT2D eigenvalue weighted by atomic mass is 10.1. The van der Waals surface area contributed by atoms with Gasteiger partial charge in [-0.3, -0.25) is 0 Å². The van der Waals surface area contributed by atoms with Crippen LogP contribution < -0.4 is 16.0 Å². The van der Waals surface area contributed by atoms with Gasteiger partial charge >= 0.3 is 0 Å². The summed E-state index contributed by atoms with van der Waals surface area (Å²) in [6.07, 6.45) is 4.70. The van der Waals surface area contributed by atoms with E-state index >= 15 is 0 Å². The maximum absolute atomic E-state index is 14.3. The lowest BCUT2D eigenvalue weighted by molar-refractivity contribution is 0.0674. The number of ether oxygens (including phenoxy) is 1. The number of benzene rings is 2. The first kappa shape index (κ1) is 23.6. The second-order valence-corrected chi connectivity index (χ2v) is 8.32. The Morgan fingerprint density at radius 3 is 2.53 bits per heavy atom. The molecule has 11 heteroatoms. The van der Waals surface area contributed by atoms with Crippen LogP contribution in [0.15, 0.2) is 43.1 Å². The highest BCUT2D eigenvalue weighted by Gasteiger charge is 2.24. The lowest BCUT2D eigenvalue weighted by Crippen LogP contribution is -2.21. The second kappa shape index (κ2) is 9.86. The molecule has 1 fully saturated rings. The highest BCUT2D eigenvalue weighted by Crippen LogP contribution is 2.33. The maximum atomic E-state index is 14.3. The van der Waals surface area contributed by atoms with Crippen LogP contribution in [0, 0.1) is 17.5 Å². The third-order valence-corrected chi connectivity index (χ3v) is 6.03. The molecule has 36 heavy (non-hydrogen) atoms. The van der Waals surface area contributed by atoms with Gasteiger partial charge in [-0.25, -0.2) is 22.8 Å². The molecule has 0 spiro atoms. The van der Waals surface area contributed by atoms with Gasteiger partial charge in [0.05, 0.1) is 11.4 Å². The number of nitrogens with zero attached hydrogens (tertiary/aromatic N) is 4. The predicted octanol–water partition coefficient (Wildman–Crippen LogP) is 5.77. The molecule has 1 saturated heterocycles. The number of aromatic nitrogens is 4. The quantitative estimate of drug-likeness (QED) is 0.300. The van der Waals surface area contributed by atoms with Crippen molar-refractivity contribution in [1.82, 2.24) is 19.7 Å². The van der Waals surface area contributed by atoms with Gasteiger partial charge in [-0.05, 0) is 30.5 Å². The van der Waals surface area contributed by atoms with Crippen LogP contribution in [0.2, 0.25) is 0 Å². The molecule has 0 radical (unpaired) electrons. The van der Waals surface area contributed by atoms with Crippen molar-refractivity contribution in [2.24, 2.45) is 0 Å². The van der Waals surface area contributed by atoms with E-state index in [0.717, 1.165) is 16.9 Å². The molecule has 0 unspecified atom stereocenters. The van der Waals surface area contributed by atoms with Crippen molar-refractivity contribution in [3.63, 3.8) is 0 Å². The van der Waals surface area contributed by atoms with Gasteiger partial charge in [0.1, 0.15) is 11.5 Å². The molecule has 4 aromatic rings. The van der Waals surface area contributed by atoms with Crippen LogP contribution in [0.3, 0.4) is 0 Å². The van der Waals surface area contributed by atoms with E-state index in [-0.39, 0.29) is 11.9 Å². The monoisotopic (exact) mass is 495 g/mol. The van der Waals surface area contributed by atoms with Gasteiger partial charge in [0.15, 0.2) is 23.1 Å². The molecule has 1 aliphatic rings. The minimum absolute atomic E-state index is 0.0229. The zero-order chi connectivity index (χ0) is 25.2. The Bertz CT molecular complexity index is 1410. The summed E-state index contributed by atoms with van der Waals surface area (Å²) in [5, 5.41) is 14.0. The summed E-state index contributed by atoms with van der Waals surface area (Å²) in [6, 6.07) is 6.91. The fourth-order valence-corrected chi connectivity index (χ4v) is 4.20. The summed E-state index contributed by atoms with van der Waals surface area (Å²) in [5.74, 6) is -2.64. The van der Waals surface area contributed by atoms with Crippen LogP contribution in [-0.2, 0) is 4.74 Å². The van der Waals surface area contributed by atoms with E-state index in [4.69, 9.17) is 4.74 Å². The van der Waals surface area contributed by atoms with Crippen molar-refractivity contribution in [1.29, 1.82) is 0 Å². The molecule has 0 saturated carbocycles. The zero-order valence-electron chi connectivity index (χ0n) is 19.5. The van der Waals surface area contributed by atoms with Crippen LogP contribution in [0.1, 0.15) is 24.4 Å². The molecule has 3 N–H and O–H groups in total. The van der Waals surface area contributed by atoms with Gasteiger partial charge in [-0.1, -0.05) is 18.7 Å². The first-order chi connectivity index (χ1) is 17.5. The number of halogens is 3. The molecule has 0 atom stereocenters. The Labute approximate surface area is 205 Å². The van der Waals surface area contributed by atoms with E-state index in [2.05, 4.69) is 37.6 Å². The molecule has 0 amide bonds. The van der Waals surface area contributed by atoms with Crippen molar-refractivity contribution in [3.05, 3.63) is 66.1 Å². The van der Waals surface area contributed by atoms with Gasteiger partial charge in [-0.2, -0.15) is 10.1 Å². The molecule has 1 aliphatic heterocycles. The van der Waals surface area contributed by atoms with Gasteiger partial charge in [0.2, 0.25) is 5.95 Å². The third-order valence-electron chi connectivity index (χ3n) is 6.03. The number of anilines is 5. The van der Waals surface area contributed by atoms with E-state index in [1.54, 1.807) is 10.8 Å². The maximum Gasteiger partial charge on any atom is 0.229 e. The first-order valence-electron chi connectivity index (χ1n) is 11.4. The van der Waals surface area contributed by atoms with Crippen LogP contribution in [-0.4, -0.2) is 40.0 Å². The number of hydrogen-bond acceptors (Lipinski definition) is 7. The van der Waals surface area contributed by atoms with Crippen LogP contribution >= 0.6 is 0 Å². The summed E-state index contributed by atoms with van der Waals surface area (Å²) in [6.45, 7) is 4.94. The van der Waals surface area contributed by atoms with Crippen molar-refractivity contribution in [3.8, 4) is 0 Å². The molecule has 0 bridgehead atoms. The van der Waals surface area contributed by atoms with Crippen molar-refractivity contribution < 1.29 is 17.9 Å². The Morgan fingerprint density at radius 2 is 1.83 bits per heavy atom. The molecular formula is C25H24F3N7O. The van der Waals surface area contributed by atoms with Gasteiger partial charge < -0.3 is 20.7 Å². The minimum Gasteiger partial charge on any atom is -0.388 e. The van der Waals surface area contributed by atoms with Crippen molar-refractivity contribution in [2.45, 2.75) is 18.9 Å². The Hall–Kier alpha value is -4.12. The van der Waals surface area contributed by atoms with Crippen molar-refractivity contribution >= 4 is 45.9 Å². The molecule has 8 nitrogen and oxygen atoms in total. The SMILES string of the molecule is C=Cc1ccc(Nc2ncc3c(Nc4c(F)cc(F)cc4F)nn(C4CCOCC4)c3n2)cc1NC. The molecular weight excluding hydrogens is 471 g/mol. The minimum atomic E-state index is -1.07. The lowest BCUT2D eigenvalue weighted by Gasteiger charge is -2.22. The summed E-state index contributed by atoms with van der Waals surface area (Å²) < 4.78 is 49.3. The fraction of sp³-hybridized carbons (Fsp3) is 0.240. The number of nitrogens with one attached hydrogen (secondary N) is 3. The number of rotatable bonds is 7. The highest BCUT2D eigenvalue weighted by atomic mass is 19.1. The van der Waals surface area contributed by atoms with Gasteiger partial charge in [-0.15, -0.1) is 0 Å². The Balaban J connectivity index is 1.55. The Kier molecular flexibility index (Phi) is 6.47.